The lowest BCUT2D eigenvalue weighted by atomic mass is 9.84. The summed E-state index contributed by atoms with van der Waals surface area (Å²) < 4.78 is 39.9. The minimum Gasteiger partial charge on any atom is -0.388 e. The zero-order chi connectivity index (χ0) is 26.2. The maximum Gasteiger partial charge on any atom is 0.273 e. The topological polar surface area (TPSA) is 101 Å². The van der Waals surface area contributed by atoms with E-state index in [9.17, 15) is 22.7 Å². The second-order valence-corrected chi connectivity index (χ2v) is 13.5. The fraction of sp³-hybridized carbons (Fsp3) is 0.600. The molecule has 0 radical (unpaired) electrons. The normalized spacial score (nSPS) is 21.2. The van der Waals surface area contributed by atoms with Crippen molar-refractivity contribution in [2.75, 3.05) is 12.8 Å². The number of halogens is 2. The first kappa shape index (κ1) is 27.6. The Hall–Kier alpha value is -1.97. The largest absolute Gasteiger partial charge is 0.388 e. The standard InChI is InChI=1S/C25H35ClFN3O4S/c1-6-20-29-21(23(31)28-15-25(32)11-9-18(10-12-25)35(5,33)34)22(26)30(20)17-8-7-16(19(27)13-17)14-24(2,3)4/h7-8,13,18,32H,6,9-12,14-15H2,1-5H3,(H,28,31). The van der Waals surface area contributed by atoms with Crippen LogP contribution < -0.4 is 5.32 Å². The summed E-state index contributed by atoms with van der Waals surface area (Å²) >= 11 is 6.55. The van der Waals surface area contributed by atoms with E-state index in [1.807, 2.05) is 27.7 Å². The molecule has 1 aromatic heterocycles. The van der Waals surface area contributed by atoms with Gasteiger partial charge in [0.15, 0.2) is 5.69 Å². The van der Waals surface area contributed by atoms with E-state index in [-0.39, 0.29) is 41.5 Å². The number of aromatic nitrogens is 2. The van der Waals surface area contributed by atoms with Gasteiger partial charge in [0, 0.05) is 19.2 Å². The molecule has 1 saturated carbocycles. The van der Waals surface area contributed by atoms with Crippen molar-refractivity contribution in [1.82, 2.24) is 14.9 Å². The van der Waals surface area contributed by atoms with Gasteiger partial charge in [0.1, 0.15) is 26.6 Å². The highest BCUT2D eigenvalue weighted by molar-refractivity contribution is 7.91. The van der Waals surface area contributed by atoms with Crippen LogP contribution in [0.2, 0.25) is 5.15 Å². The fourth-order valence-electron chi connectivity index (χ4n) is 4.54. The van der Waals surface area contributed by atoms with Crippen LogP contribution >= 0.6 is 11.6 Å². The van der Waals surface area contributed by atoms with E-state index in [0.29, 0.717) is 42.8 Å². The van der Waals surface area contributed by atoms with Crippen molar-refractivity contribution in [2.45, 2.75) is 77.1 Å². The third-order valence-electron chi connectivity index (χ3n) is 6.48. The number of amides is 1. The van der Waals surface area contributed by atoms with E-state index in [2.05, 4.69) is 10.3 Å². The van der Waals surface area contributed by atoms with Crippen molar-refractivity contribution in [3.05, 3.63) is 46.3 Å². The lowest BCUT2D eigenvalue weighted by Crippen LogP contribution is -2.47. The molecule has 1 aliphatic carbocycles. The van der Waals surface area contributed by atoms with Gasteiger partial charge < -0.3 is 10.4 Å². The quantitative estimate of drug-likeness (QED) is 0.560. The van der Waals surface area contributed by atoms with E-state index in [1.54, 1.807) is 16.7 Å². The van der Waals surface area contributed by atoms with Crippen molar-refractivity contribution in [2.24, 2.45) is 5.41 Å². The van der Waals surface area contributed by atoms with Gasteiger partial charge in [0.05, 0.1) is 16.5 Å². The van der Waals surface area contributed by atoms with Crippen molar-refractivity contribution in [3.8, 4) is 5.69 Å². The van der Waals surface area contributed by atoms with E-state index < -0.39 is 26.6 Å². The summed E-state index contributed by atoms with van der Waals surface area (Å²) in [6.07, 6.45) is 3.49. The summed E-state index contributed by atoms with van der Waals surface area (Å²) in [5.74, 6) is -0.385. The number of benzene rings is 1. The minimum absolute atomic E-state index is 0.00360. The molecule has 35 heavy (non-hydrogen) atoms. The van der Waals surface area contributed by atoms with Gasteiger partial charge in [-0.2, -0.15) is 0 Å². The molecule has 7 nitrogen and oxygen atoms in total. The van der Waals surface area contributed by atoms with Gasteiger partial charge in [-0.05, 0) is 55.2 Å². The molecule has 10 heteroatoms. The SMILES string of the molecule is CCc1nc(C(=O)NCC2(O)CCC(S(C)(=O)=O)CC2)c(Cl)n1-c1ccc(CC(C)(C)C)c(F)c1. The third kappa shape index (κ3) is 6.62. The Balaban J connectivity index is 1.77. The van der Waals surface area contributed by atoms with Crippen molar-refractivity contribution in [1.29, 1.82) is 0 Å². The number of nitrogens with zero attached hydrogens (tertiary/aromatic N) is 2. The zero-order valence-corrected chi connectivity index (χ0v) is 22.6. The van der Waals surface area contributed by atoms with Crippen LogP contribution in [-0.4, -0.2) is 52.6 Å². The molecule has 194 valence electrons. The van der Waals surface area contributed by atoms with Gasteiger partial charge in [0.25, 0.3) is 5.91 Å². The Morgan fingerprint density at radius 3 is 2.46 bits per heavy atom. The predicted octanol–water partition coefficient (Wildman–Crippen LogP) is 4.26. The minimum atomic E-state index is -3.16. The number of imidazole rings is 1. The first-order valence-electron chi connectivity index (χ1n) is 11.9. The Morgan fingerprint density at radius 1 is 1.31 bits per heavy atom. The van der Waals surface area contributed by atoms with E-state index in [0.717, 1.165) is 0 Å². The van der Waals surface area contributed by atoms with Gasteiger partial charge >= 0.3 is 0 Å². The number of rotatable bonds is 7. The number of carbonyl (C=O) groups is 1. The molecule has 0 unspecified atom stereocenters. The maximum absolute atomic E-state index is 14.8. The summed E-state index contributed by atoms with van der Waals surface area (Å²) in [5.41, 5.74) is -0.177. The zero-order valence-electron chi connectivity index (χ0n) is 21.0. The van der Waals surface area contributed by atoms with Crippen molar-refractivity contribution >= 4 is 27.3 Å². The number of carbonyl (C=O) groups excluding carboxylic acids is 1. The van der Waals surface area contributed by atoms with Crippen LogP contribution in [0.3, 0.4) is 0 Å². The maximum atomic E-state index is 14.8. The molecule has 0 saturated heterocycles. The van der Waals surface area contributed by atoms with Crippen LogP contribution in [0.1, 0.15) is 75.3 Å². The van der Waals surface area contributed by atoms with Crippen molar-refractivity contribution in [3.63, 3.8) is 0 Å². The molecule has 0 atom stereocenters. The van der Waals surface area contributed by atoms with Gasteiger partial charge in [0.2, 0.25) is 0 Å². The lowest BCUT2D eigenvalue weighted by molar-refractivity contribution is 0.00607. The monoisotopic (exact) mass is 527 g/mol. The average molecular weight is 528 g/mol. The molecule has 1 aromatic carbocycles. The average Bonchev–Trinajstić information content (AvgIpc) is 3.08. The Morgan fingerprint density at radius 2 is 1.94 bits per heavy atom. The third-order valence-corrected chi connectivity index (χ3v) is 8.51. The Kier molecular flexibility index (Phi) is 8.04. The highest BCUT2D eigenvalue weighted by Crippen LogP contribution is 2.32. The highest BCUT2D eigenvalue weighted by atomic mass is 35.5. The molecule has 2 aromatic rings. The van der Waals surface area contributed by atoms with Gasteiger partial charge in [-0.25, -0.2) is 17.8 Å². The van der Waals surface area contributed by atoms with E-state index in [1.165, 1.54) is 12.3 Å². The molecule has 2 N–H and O–H groups in total. The van der Waals surface area contributed by atoms with Crippen LogP contribution in [0.15, 0.2) is 18.2 Å². The molecule has 3 rings (SSSR count). The number of sulfone groups is 1. The van der Waals surface area contributed by atoms with Crippen LogP contribution in [0.5, 0.6) is 0 Å². The van der Waals surface area contributed by atoms with E-state index in [4.69, 9.17) is 11.6 Å². The predicted molar refractivity (Wildman–Crippen MR) is 135 cm³/mol. The molecule has 0 aliphatic heterocycles. The highest BCUT2D eigenvalue weighted by Gasteiger charge is 2.37. The number of hydrogen-bond acceptors (Lipinski definition) is 5. The van der Waals surface area contributed by atoms with Crippen molar-refractivity contribution < 1.29 is 22.7 Å². The molecule has 0 spiro atoms. The smallest absolute Gasteiger partial charge is 0.273 e. The van der Waals surface area contributed by atoms with Crippen LogP contribution in [0, 0.1) is 11.2 Å². The van der Waals surface area contributed by atoms with E-state index >= 15 is 0 Å². The summed E-state index contributed by atoms with van der Waals surface area (Å²) in [4.78, 5) is 17.3. The van der Waals surface area contributed by atoms with Crippen LogP contribution in [0.4, 0.5) is 4.39 Å². The fourth-order valence-corrected chi connectivity index (χ4v) is 5.96. The van der Waals surface area contributed by atoms with Crippen LogP contribution in [0.25, 0.3) is 5.69 Å². The molecular weight excluding hydrogens is 493 g/mol. The molecule has 0 bridgehead atoms. The second kappa shape index (κ2) is 10.2. The van der Waals surface area contributed by atoms with Gasteiger partial charge in [-0.3, -0.25) is 9.36 Å². The Bertz CT molecular complexity index is 1200. The molecule has 1 amide bonds. The van der Waals surface area contributed by atoms with Gasteiger partial charge in [-0.15, -0.1) is 0 Å². The molecular formula is C25H35ClFN3O4S. The first-order valence-corrected chi connectivity index (χ1v) is 14.2. The number of nitrogens with one attached hydrogen (secondary N) is 1. The summed E-state index contributed by atoms with van der Waals surface area (Å²) in [5, 5.41) is 13.1. The Labute approximate surface area is 212 Å². The second-order valence-electron chi connectivity index (χ2n) is 10.8. The number of hydrogen-bond donors (Lipinski definition) is 2. The summed E-state index contributed by atoms with van der Waals surface area (Å²) in [6, 6.07) is 4.90. The lowest BCUT2D eigenvalue weighted by Gasteiger charge is -2.35. The number of aliphatic hydroxyl groups is 1. The van der Waals surface area contributed by atoms with Gasteiger partial charge in [-0.1, -0.05) is 45.4 Å². The summed E-state index contributed by atoms with van der Waals surface area (Å²) in [6.45, 7) is 7.95. The van der Waals surface area contributed by atoms with Crippen LogP contribution in [-0.2, 0) is 22.7 Å². The molecule has 1 heterocycles. The molecule has 1 fully saturated rings. The first-order chi connectivity index (χ1) is 16.1. The number of aryl methyl sites for hydroxylation is 1. The summed E-state index contributed by atoms with van der Waals surface area (Å²) in [7, 11) is -3.16. The molecule has 1 aliphatic rings.